The first kappa shape index (κ1) is 14.9. The van der Waals surface area contributed by atoms with Gasteiger partial charge in [-0.3, -0.25) is 4.98 Å². The molecule has 0 spiro atoms. The molecule has 6 heteroatoms. The van der Waals surface area contributed by atoms with Gasteiger partial charge in [-0.2, -0.15) is 0 Å². The van der Waals surface area contributed by atoms with Crippen LogP contribution in [0.2, 0.25) is 0 Å². The lowest BCUT2D eigenvalue weighted by Crippen LogP contribution is -2.31. The van der Waals surface area contributed by atoms with Crippen molar-refractivity contribution in [1.82, 2.24) is 15.0 Å². The lowest BCUT2D eigenvalue weighted by molar-refractivity contribution is 0.578. The molecule has 20 heavy (non-hydrogen) atoms. The second-order valence-electron chi connectivity index (χ2n) is 4.59. The molecule has 0 saturated heterocycles. The summed E-state index contributed by atoms with van der Waals surface area (Å²) in [5.41, 5.74) is 1.52. The largest absolute Gasteiger partial charge is 0.316 e. The third-order valence-electron chi connectivity index (χ3n) is 2.94. The van der Waals surface area contributed by atoms with Crippen LogP contribution in [0.3, 0.4) is 0 Å². The van der Waals surface area contributed by atoms with Crippen LogP contribution < -0.4 is 10.0 Å². The van der Waals surface area contributed by atoms with Crippen molar-refractivity contribution in [3.05, 3.63) is 36.0 Å². The van der Waals surface area contributed by atoms with Crippen molar-refractivity contribution in [2.75, 3.05) is 19.6 Å². The first-order valence-corrected chi connectivity index (χ1v) is 8.08. The summed E-state index contributed by atoms with van der Waals surface area (Å²) in [6, 6.07) is 7.12. The number of benzene rings is 1. The maximum atomic E-state index is 12.3. The van der Waals surface area contributed by atoms with Crippen LogP contribution in [0.1, 0.15) is 12.5 Å². The smallest absolute Gasteiger partial charge is 0.242 e. The fraction of sp³-hybridized carbons (Fsp3) is 0.357. The number of hydrogen-bond donors (Lipinski definition) is 2. The van der Waals surface area contributed by atoms with Crippen LogP contribution in [-0.4, -0.2) is 33.0 Å². The number of pyridine rings is 1. The zero-order valence-electron chi connectivity index (χ0n) is 11.7. The van der Waals surface area contributed by atoms with Gasteiger partial charge in [0.2, 0.25) is 10.0 Å². The molecule has 0 aliphatic heterocycles. The number of aromatic nitrogens is 1. The molecule has 0 amide bonds. The van der Waals surface area contributed by atoms with E-state index in [4.69, 9.17) is 0 Å². The summed E-state index contributed by atoms with van der Waals surface area (Å²) >= 11 is 0. The minimum absolute atomic E-state index is 0.228. The van der Waals surface area contributed by atoms with E-state index in [1.54, 1.807) is 18.3 Å². The minimum atomic E-state index is -3.53. The van der Waals surface area contributed by atoms with E-state index in [0.717, 1.165) is 17.5 Å². The maximum Gasteiger partial charge on any atom is 0.242 e. The van der Waals surface area contributed by atoms with Gasteiger partial charge in [0.15, 0.2) is 0 Å². The number of rotatable bonds is 6. The number of likely N-dealkylation sites (N-methyl/N-ethyl adjacent to an activating group) is 1. The van der Waals surface area contributed by atoms with E-state index in [1.807, 2.05) is 26.0 Å². The van der Waals surface area contributed by atoms with Crippen LogP contribution in [0.5, 0.6) is 0 Å². The van der Waals surface area contributed by atoms with E-state index in [0.29, 0.717) is 18.6 Å². The van der Waals surface area contributed by atoms with Gasteiger partial charge >= 0.3 is 0 Å². The molecule has 5 nitrogen and oxygen atoms in total. The van der Waals surface area contributed by atoms with Gasteiger partial charge in [0.05, 0.1) is 5.52 Å². The van der Waals surface area contributed by atoms with Crippen molar-refractivity contribution in [2.24, 2.45) is 0 Å². The predicted molar refractivity (Wildman–Crippen MR) is 80.2 cm³/mol. The summed E-state index contributed by atoms with van der Waals surface area (Å²) in [6.45, 7) is 5.69. The van der Waals surface area contributed by atoms with E-state index in [9.17, 15) is 8.42 Å². The Labute approximate surface area is 119 Å². The molecule has 0 atom stereocenters. The van der Waals surface area contributed by atoms with Crippen molar-refractivity contribution in [1.29, 1.82) is 0 Å². The monoisotopic (exact) mass is 293 g/mol. The van der Waals surface area contributed by atoms with E-state index < -0.39 is 10.0 Å². The topological polar surface area (TPSA) is 71.1 Å². The molecule has 0 aliphatic carbocycles. The van der Waals surface area contributed by atoms with Gasteiger partial charge in [-0.1, -0.05) is 19.1 Å². The van der Waals surface area contributed by atoms with Crippen LogP contribution in [0, 0.1) is 6.92 Å². The van der Waals surface area contributed by atoms with Gasteiger partial charge in [0.25, 0.3) is 0 Å². The van der Waals surface area contributed by atoms with Gasteiger partial charge in [-0.05, 0) is 31.2 Å². The van der Waals surface area contributed by atoms with Crippen LogP contribution in [-0.2, 0) is 10.0 Å². The van der Waals surface area contributed by atoms with Gasteiger partial charge < -0.3 is 5.32 Å². The van der Waals surface area contributed by atoms with Crippen LogP contribution >= 0.6 is 0 Å². The minimum Gasteiger partial charge on any atom is -0.316 e. The van der Waals surface area contributed by atoms with Crippen molar-refractivity contribution in [3.8, 4) is 0 Å². The third kappa shape index (κ3) is 3.33. The quantitative estimate of drug-likeness (QED) is 0.790. The van der Waals surface area contributed by atoms with Gasteiger partial charge in [0.1, 0.15) is 4.90 Å². The number of para-hydroxylation sites is 1. The fourth-order valence-electron chi connectivity index (χ4n) is 1.99. The molecule has 0 fully saturated rings. The number of nitrogens with zero attached hydrogens (tertiary/aromatic N) is 1. The number of fused-ring (bicyclic) bond motifs is 1. The van der Waals surface area contributed by atoms with Crippen LogP contribution in [0.4, 0.5) is 0 Å². The fourth-order valence-corrected chi connectivity index (χ4v) is 3.20. The molecule has 0 saturated carbocycles. The average Bonchev–Trinajstić information content (AvgIpc) is 2.42. The van der Waals surface area contributed by atoms with E-state index >= 15 is 0 Å². The van der Waals surface area contributed by atoms with E-state index in [2.05, 4.69) is 15.0 Å². The lowest BCUT2D eigenvalue weighted by Gasteiger charge is -2.09. The summed E-state index contributed by atoms with van der Waals surface area (Å²) in [4.78, 5) is 4.48. The number of aryl methyl sites for hydroxylation is 1. The maximum absolute atomic E-state index is 12.3. The van der Waals surface area contributed by atoms with Crippen LogP contribution in [0.25, 0.3) is 10.9 Å². The highest BCUT2D eigenvalue weighted by molar-refractivity contribution is 7.89. The van der Waals surface area contributed by atoms with Gasteiger partial charge in [0, 0.05) is 24.7 Å². The highest BCUT2D eigenvalue weighted by Crippen LogP contribution is 2.21. The Hall–Kier alpha value is -1.50. The number of hydrogen-bond acceptors (Lipinski definition) is 4. The zero-order chi connectivity index (χ0) is 14.6. The Balaban J connectivity index is 2.32. The highest BCUT2D eigenvalue weighted by Gasteiger charge is 2.17. The second kappa shape index (κ2) is 6.30. The Morgan fingerprint density at radius 3 is 2.80 bits per heavy atom. The Morgan fingerprint density at radius 1 is 1.25 bits per heavy atom. The SMILES string of the molecule is CCNCCNS(=O)(=O)c1cccc2cc(C)cnc12. The summed E-state index contributed by atoms with van der Waals surface area (Å²) in [6.07, 6.45) is 1.68. The summed E-state index contributed by atoms with van der Waals surface area (Å²) in [5.74, 6) is 0. The Morgan fingerprint density at radius 2 is 2.05 bits per heavy atom. The van der Waals surface area contributed by atoms with E-state index in [1.165, 1.54) is 0 Å². The summed E-state index contributed by atoms with van der Waals surface area (Å²) < 4.78 is 27.2. The van der Waals surface area contributed by atoms with Gasteiger partial charge in [-0.15, -0.1) is 0 Å². The summed E-state index contributed by atoms with van der Waals surface area (Å²) in [7, 11) is -3.53. The van der Waals surface area contributed by atoms with Crippen molar-refractivity contribution >= 4 is 20.9 Å². The Kier molecular flexibility index (Phi) is 4.69. The lowest BCUT2D eigenvalue weighted by atomic mass is 10.2. The highest BCUT2D eigenvalue weighted by atomic mass is 32.2. The third-order valence-corrected chi connectivity index (χ3v) is 4.44. The molecule has 1 aromatic heterocycles. The second-order valence-corrected chi connectivity index (χ2v) is 6.33. The number of nitrogens with one attached hydrogen (secondary N) is 2. The molecule has 108 valence electrons. The van der Waals surface area contributed by atoms with E-state index in [-0.39, 0.29) is 4.90 Å². The van der Waals surface area contributed by atoms with Gasteiger partial charge in [-0.25, -0.2) is 13.1 Å². The van der Waals surface area contributed by atoms with Crippen molar-refractivity contribution < 1.29 is 8.42 Å². The zero-order valence-corrected chi connectivity index (χ0v) is 12.5. The number of sulfonamides is 1. The molecule has 0 radical (unpaired) electrons. The normalized spacial score (nSPS) is 11.9. The molecule has 2 aromatic rings. The molecular formula is C14H19N3O2S. The first-order valence-electron chi connectivity index (χ1n) is 6.60. The molecule has 0 bridgehead atoms. The molecule has 2 rings (SSSR count). The first-order chi connectivity index (χ1) is 9.54. The van der Waals surface area contributed by atoms with Crippen molar-refractivity contribution in [3.63, 3.8) is 0 Å². The Bertz CT molecular complexity index is 699. The molecule has 1 heterocycles. The average molecular weight is 293 g/mol. The predicted octanol–water partition coefficient (Wildman–Crippen LogP) is 1.43. The molecular weight excluding hydrogens is 274 g/mol. The van der Waals surface area contributed by atoms with Crippen LogP contribution in [0.15, 0.2) is 35.4 Å². The summed E-state index contributed by atoms with van der Waals surface area (Å²) in [5, 5.41) is 3.91. The molecule has 0 unspecified atom stereocenters. The molecule has 2 N–H and O–H groups in total. The van der Waals surface area contributed by atoms with Crippen molar-refractivity contribution in [2.45, 2.75) is 18.7 Å². The standard InChI is InChI=1S/C14H19N3O2S/c1-3-15-7-8-17-20(18,19)13-6-4-5-12-9-11(2)10-16-14(12)13/h4-6,9-10,15,17H,3,7-8H2,1-2H3. The molecule has 0 aliphatic rings. The molecule has 1 aromatic carbocycles.